The molecule has 0 saturated carbocycles. The lowest BCUT2D eigenvalue weighted by Gasteiger charge is -2.45. The first-order valence-corrected chi connectivity index (χ1v) is 7.18. The molecule has 0 aliphatic carbocycles. The zero-order valence-corrected chi connectivity index (χ0v) is 13.1. The highest BCUT2D eigenvalue weighted by Gasteiger charge is 2.51. The maximum Gasteiger partial charge on any atom is 0.197 e. The number of hydrogen-bond acceptors (Lipinski definition) is 6. The Bertz CT molecular complexity index is 702. The molecule has 0 fully saturated rings. The van der Waals surface area contributed by atoms with E-state index in [0.29, 0.717) is 5.89 Å². The van der Waals surface area contributed by atoms with Crippen LogP contribution in [0.2, 0.25) is 0 Å². The van der Waals surface area contributed by atoms with Gasteiger partial charge in [0.15, 0.2) is 5.89 Å². The second kappa shape index (κ2) is 5.12. The number of oxazole rings is 1. The Labute approximate surface area is 128 Å². The summed E-state index contributed by atoms with van der Waals surface area (Å²) in [6, 6.07) is 1.88. The van der Waals surface area contributed by atoms with Crippen molar-refractivity contribution in [1.82, 2.24) is 15.3 Å². The third-order valence-electron chi connectivity index (χ3n) is 5.11. The van der Waals surface area contributed by atoms with Crippen molar-refractivity contribution in [3.8, 4) is 0 Å². The van der Waals surface area contributed by atoms with Crippen molar-refractivity contribution in [3.05, 3.63) is 54.4 Å². The molecule has 3 aromatic heterocycles. The first-order valence-electron chi connectivity index (χ1n) is 7.18. The maximum absolute atomic E-state index is 5.54. The van der Waals surface area contributed by atoms with Crippen molar-refractivity contribution in [2.75, 3.05) is 0 Å². The molecule has 0 radical (unpaired) electrons. The Balaban J connectivity index is 2.16. The molecule has 0 saturated heterocycles. The van der Waals surface area contributed by atoms with Crippen LogP contribution < -0.4 is 0 Å². The van der Waals surface area contributed by atoms with Gasteiger partial charge in [-0.15, -0.1) is 0 Å². The first-order chi connectivity index (χ1) is 10.5. The Hall–Kier alpha value is -2.37. The highest BCUT2D eigenvalue weighted by atomic mass is 16.5. The van der Waals surface area contributed by atoms with E-state index in [0.717, 1.165) is 11.3 Å². The Morgan fingerprint density at radius 2 is 1.95 bits per heavy atom. The predicted molar refractivity (Wildman–Crippen MR) is 78.3 cm³/mol. The van der Waals surface area contributed by atoms with Gasteiger partial charge in [0.1, 0.15) is 18.8 Å². The lowest BCUT2D eigenvalue weighted by atomic mass is 9.56. The fourth-order valence-corrected chi connectivity index (χ4v) is 3.07. The highest BCUT2D eigenvalue weighted by molar-refractivity contribution is 5.33. The quantitative estimate of drug-likeness (QED) is 0.715. The van der Waals surface area contributed by atoms with Gasteiger partial charge >= 0.3 is 0 Å². The smallest absolute Gasteiger partial charge is 0.197 e. The second-order valence-corrected chi connectivity index (χ2v) is 6.22. The molecule has 0 amide bonds. The molecule has 2 atom stereocenters. The van der Waals surface area contributed by atoms with Crippen LogP contribution in [0.1, 0.15) is 50.8 Å². The molecular formula is C16H19N3O3. The monoisotopic (exact) mass is 301 g/mol. The summed E-state index contributed by atoms with van der Waals surface area (Å²) < 4.78 is 15.7. The van der Waals surface area contributed by atoms with E-state index in [9.17, 15) is 0 Å². The van der Waals surface area contributed by atoms with Crippen LogP contribution in [-0.4, -0.2) is 15.3 Å². The number of rotatable bonds is 5. The molecule has 6 heteroatoms. The highest BCUT2D eigenvalue weighted by Crippen LogP contribution is 2.51. The van der Waals surface area contributed by atoms with E-state index in [1.165, 1.54) is 0 Å². The summed E-state index contributed by atoms with van der Waals surface area (Å²) in [5, 5.41) is 8.05. The molecule has 6 nitrogen and oxygen atoms in total. The summed E-state index contributed by atoms with van der Waals surface area (Å²) >= 11 is 0. The van der Waals surface area contributed by atoms with Gasteiger partial charge in [-0.05, 0) is 0 Å². The first kappa shape index (κ1) is 14.6. The normalized spacial score (nSPS) is 16.4. The summed E-state index contributed by atoms with van der Waals surface area (Å²) in [7, 11) is 0. The van der Waals surface area contributed by atoms with E-state index in [4.69, 9.17) is 13.5 Å². The molecule has 3 aromatic rings. The largest absolute Gasteiger partial charge is 0.449 e. The SMILES string of the molecule is CC(c1ncco1)C(C)(c1ccon1)C(C)(C)c1cnoc1. The van der Waals surface area contributed by atoms with Gasteiger partial charge in [-0.25, -0.2) is 4.98 Å². The molecule has 2 unspecified atom stereocenters. The van der Waals surface area contributed by atoms with Crippen LogP contribution in [0.15, 0.2) is 50.7 Å². The Kier molecular flexibility index (Phi) is 3.39. The number of hydrogen-bond donors (Lipinski definition) is 0. The lowest BCUT2D eigenvalue weighted by Crippen LogP contribution is -2.47. The van der Waals surface area contributed by atoms with Crippen LogP contribution in [0.4, 0.5) is 0 Å². The van der Waals surface area contributed by atoms with Crippen molar-refractivity contribution in [2.24, 2.45) is 0 Å². The maximum atomic E-state index is 5.54. The minimum Gasteiger partial charge on any atom is -0.449 e. The molecule has 0 aliphatic rings. The van der Waals surface area contributed by atoms with Gasteiger partial charge in [0.05, 0.1) is 18.1 Å². The number of nitrogens with zero attached hydrogens (tertiary/aromatic N) is 3. The fraction of sp³-hybridized carbons (Fsp3) is 0.438. The zero-order valence-electron chi connectivity index (χ0n) is 13.1. The van der Waals surface area contributed by atoms with Crippen LogP contribution in [0.25, 0.3) is 0 Å². The number of aromatic nitrogens is 3. The Morgan fingerprint density at radius 1 is 1.14 bits per heavy atom. The molecule has 3 rings (SSSR count). The van der Waals surface area contributed by atoms with Crippen LogP contribution in [-0.2, 0) is 10.8 Å². The van der Waals surface area contributed by atoms with Crippen molar-refractivity contribution < 1.29 is 13.5 Å². The summed E-state index contributed by atoms with van der Waals surface area (Å²) in [5.74, 6) is 0.632. The van der Waals surface area contributed by atoms with Crippen molar-refractivity contribution >= 4 is 0 Å². The van der Waals surface area contributed by atoms with Gasteiger partial charge < -0.3 is 13.5 Å². The van der Waals surface area contributed by atoms with Gasteiger partial charge in [-0.3, -0.25) is 0 Å². The van der Waals surface area contributed by atoms with Crippen molar-refractivity contribution in [1.29, 1.82) is 0 Å². The fourth-order valence-electron chi connectivity index (χ4n) is 3.07. The third kappa shape index (κ3) is 1.98. The minimum atomic E-state index is -0.434. The van der Waals surface area contributed by atoms with E-state index < -0.39 is 5.41 Å². The summed E-state index contributed by atoms with van der Waals surface area (Å²) in [4.78, 5) is 4.32. The Morgan fingerprint density at radius 3 is 2.50 bits per heavy atom. The lowest BCUT2D eigenvalue weighted by molar-refractivity contribution is 0.197. The minimum absolute atomic E-state index is 0.0301. The van der Waals surface area contributed by atoms with Crippen LogP contribution in [0, 0.1) is 0 Å². The average Bonchev–Trinajstić information content (AvgIpc) is 3.28. The van der Waals surface area contributed by atoms with Crippen LogP contribution in [0.3, 0.4) is 0 Å². The topological polar surface area (TPSA) is 78.1 Å². The standard InChI is InChI=1S/C16H19N3O3/c1-11(14-17-6-8-20-14)16(4,13-5-7-21-19-13)15(2,3)12-9-18-22-10-12/h5-11H,1-4H3. The summed E-state index contributed by atoms with van der Waals surface area (Å²) in [6.07, 6.45) is 8.23. The summed E-state index contributed by atoms with van der Waals surface area (Å²) in [5.41, 5.74) is 1.05. The van der Waals surface area contributed by atoms with Gasteiger partial charge in [-0.2, -0.15) is 0 Å². The molecule has 0 aliphatic heterocycles. The molecular weight excluding hydrogens is 282 g/mol. The molecule has 116 valence electrons. The molecule has 0 N–H and O–H groups in total. The van der Waals surface area contributed by atoms with E-state index in [1.54, 1.807) is 31.2 Å². The van der Waals surface area contributed by atoms with E-state index in [-0.39, 0.29) is 11.3 Å². The van der Waals surface area contributed by atoms with Gasteiger partial charge in [0.2, 0.25) is 0 Å². The molecule has 0 aromatic carbocycles. The van der Waals surface area contributed by atoms with Crippen molar-refractivity contribution in [2.45, 2.75) is 44.4 Å². The summed E-state index contributed by atoms with van der Waals surface area (Å²) in [6.45, 7) is 8.48. The van der Waals surface area contributed by atoms with Crippen LogP contribution in [0.5, 0.6) is 0 Å². The van der Waals surface area contributed by atoms with Crippen molar-refractivity contribution in [3.63, 3.8) is 0 Å². The van der Waals surface area contributed by atoms with E-state index in [1.807, 2.05) is 6.07 Å². The zero-order chi connectivity index (χ0) is 15.8. The van der Waals surface area contributed by atoms with Gasteiger partial charge in [0, 0.05) is 28.4 Å². The molecule has 22 heavy (non-hydrogen) atoms. The average molecular weight is 301 g/mol. The third-order valence-corrected chi connectivity index (χ3v) is 5.11. The predicted octanol–water partition coefficient (Wildman–Crippen LogP) is 3.69. The van der Waals surface area contributed by atoms with Gasteiger partial charge in [0.25, 0.3) is 0 Å². The molecule has 3 heterocycles. The van der Waals surface area contributed by atoms with Crippen LogP contribution >= 0.6 is 0 Å². The van der Waals surface area contributed by atoms with E-state index >= 15 is 0 Å². The van der Waals surface area contributed by atoms with Gasteiger partial charge in [-0.1, -0.05) is 38.0 Å². The second-order valence-electron chi connectivity index (χ2n) is 6.22. The van der Waals surface area contributed by atoms with E-state index in [2.05, 4.69) is 43.0 Å². The molecule has 0 spiro atoms. The molecule has 0 bridgehead atoms.